The standard InChI is InChI=1S/C21H26N2O4/c1-14-9-10-18(26-5)17(11-14)23-19(24)13-27-16-8-6-7-15(12-16)22-20(25)21(2,3)4/h6-12H,13H2,1-5H3,(H,22,25)(H,23,24). The summed E-state index contributed by atoms with van der Waals surface area (Å²) in [7, 11) is 1.55. The number of nitrogens with one attached hydrogen (secondary N) is 2. The second-order valence-electron chi connectivity index (χ2n) is 7.27. The molecule has 2 N–H and O–H groups in total. The molecule has 2 amide bonds. The Balaban J connectivity index is 1.97. The molecule has 0 bridgehead atoms. The van der Waals surface area contributed by atoms with Crippen molar-refractivity contribution in [2.75, 3.05) is 24.4 Å². The van der Waals surface area contributed by atoms with Gasteiger partial charge in [-0.15, -0.1) is 0 Å². The van der Waals surface area contributed by atoms with Gasteiger partial charge in [-0.05, 0) is 36.8 Å². The third-order valence-electron chi connectivity index (χ3n) is 3.77. The maximum Gasteiger partial charge on any atom is 0.262 e. The van der Waals surface area contributed by atoms with Crippen LogP contribution in [-0.4, -0.2) is 25.5 Å². The van der Waals surface area contributed by atoms with Crippen LogP contribution < -0.4 is 20.1 Å². The summed E-state index contributed by atoms with van der Waals surface area (Å²) in [4.78, 5) is 24.3. The van der Waals surface area contributed by atoms with Crippen LogP contribution in [0, 0.1) is 12.3 Å². The van der Waals surface area contributed by atoms with Crippen molar-refractivity contribution < 1.29 is 19.1 Å². The van der Waals surface area contributed by atoms with Crippen LogP contribution in [0.2, 0.25) is 0 Å². The summed E-state index contributed by atoms with van der Waals surface area (Å²) in [5.41, 5.74) is 1.73. The summed E-state index contributed by atoms with van der Waals surface area (Å²) >= 11 is 0. The molecule has 2 rings (SSSR count). The van der Waals surface area contributed by atoms with Crippen molar-refractivity contribution in [3.05, 3.63) is 48.0 Å². The van der Waals surface area contributed by atoms with Gasteiger partial charge in [-0.25, -0.2) is 0 Å². The molecule has 144 valence electrons. The van der Waals surface area contributed by atoms with E-state index < -0.39 is 5.41 Å². The van der Waals surface area contributed by atoms with E-state index >= 15 is 0 Å². The van der Waals surface area contributed by atoms with Crippen molar-refractivity contribution in [3.63, 3.8) is 0 Å². The molecule has 2 aromatic carbocycles. The van der Waals surface area contributed by atoms with Gasteiger partial charge in [-0.1, -0.05) is 32.9 Å². The summed E-state index contributed by atoms with van der Waals surface area (Å²) in [6, 6.07) is 12.5. The number of ether oxygens (including phenoxy) is 2. The molecular formula is C21H26N2O4. The summed E-state index contributed by atoms with van der Waals surface area (Å²) in [6.07, 6.45) is 0. The zero-order chi connectivity index (χ0) is 20.0. The Morgan fingerprint density at radius 2 is 1.78 bits per heavy atom. The van der Waals surface area contributed by atoms with Gasteiger partial charge in [-0.3, -0.25) is 9.59 Å². The quantitative estimate of drug-likeness (QED) is 0.806. The third kappa shape index (κ3) is 6.02. The lowest BCUT2D eigenvalue weighted by atomic mass is 9.95. The van der Waals surface area contributed by atoms with Gasteiger partial charge in [-0.2, -0.15) is 0 Å². The van der Waals surface area contributed by atoms with Gasteiger partial charge in [0, 0.05) is 17.2 Å². The van der Waals surface area contributed by atoms with E-state index in [-0.39, 0.29) is 18.4 Å². The zero-order valence-corrected chi connectivity index (χ0v) is 16.4. The molecule has 0 aromatic heterocycles. The number of benzene rings is 2. The van der Waals surface area contributed by atoms with Gasteiger partial charge in [0.15, 0.2) is 6.61 Å². The number of hydrogen-bond donors (Lipinski definition) is 2. The second kappa shape index (κ2) is 8.58. The molecule has 0 atom stereocenters. The average molecular weight is 370 g/mol. The first-order valence-corrected chi connectivity index (χ1v) is 8.68. The summed E-state index contributed by atoms with van der Waals surface area (Å²) < 4.78 is 10.8. The van der Waals surface area contributed by atoms with Gasteiger partial charge in [0.25, 0.3) is 5.91 Å². The molecule has 0 unspecified atom stereocenters. The number of carbonyl (C=O) groups is 2. The number of anilines is 2. The van der Waals surface area contributed by atoms with Crippen molar-refractivity contribution in [2.24, 2.45) is 5.41 Å². The van der Waals surface area contributed by atoms with Crippen molar-refractivity contribution in [2.45, 2.75) is 27.7 Å². The predicted octanol–water partition coefficient (Wildman–Crippen LogP) is 4.01. The first-order valence-electron chi connectivity index (χ1n) is 8.68. The molecule has 2 aromatic rings. The smallest absolute Gasteiger partial charge is 0.262 e. The Kier molecular flexibility index (Phi) is 6.45. The number of hydrogen-bond acceptors (Lipinski definition) is 4. The normalized spacial score (nSPS) is 10.9. The van der Waals surface area contributed by atoms with E-state index in [1.165, 1.54) is 0 Å². The maximum atomic E-state index is 12.2. The Morgan fingerprint density at radius 3 is 2.44 bits per heavy atom. The molecule has 0 spiro atoms. The van der Waals surface area contributed by atoms with Crippen LogP contribution in [0.5, 0.6) is 11.5 Å². The first kappa shape index (κ1) is 20.3. The number of rotatable bonds is 6. The monoisotopic (exact) mass is 370 g/mol. The Hall–Kier alpha value is -3.02. The van der Waals surface area contributed by atoms with E-state index in [9.17, 15) is 9.59 Å². The van der Waals surface area contributed by atoms with Crippen molar-refractivity contribution in [1.29, 1.82) is 0 Å². The maximum absolute atomic E-state index is 12.2. The molecule has 0 aliphatic carbocycles. The lowest BCUT2D eigenvalue weighted by molar-refractivity contribution is -0.123. The topological polar surface area (TPSA) is 76.7 Å². The van der Waals surface area contributed by atoms with Crippen molar-refractivity contribution in [1.82, 2.24) is 0 Å². The second-order valence-corrected chi connectivity index (χ2v) is 7.27. The van der Waals surface area contributed by atoms with E-state index in [1.54, 1.807) is 37.4 Å². The van der Waals surface area contributed by atoms with Crippen LogP contribution in [0.3, 0.4) is 0 Å². The number of methoxy groups -OCH3 is 1. The van der Waals surface area contributed by atoms with E-state index in [4.69, 9.17) is 9.47 Å². The highest BCUT2D eigenvalue weighted by atomic mass is 16.5. The third-order valence-corrected chi connectivity index (χ3v) is 3.77. The summed E-state index contributed by atoms with van der Waals surface area (Å²) in [6.45, 7) is 7.29. The highest BCUT2D eigenvalue weighted by Gasteiger charge is 2.21. The number of aryl methyl sites for hydroxylation is 1. The molecule has 0 saturated carbocycles. The minimum absolute atomic E-state index is 0.0936. The molecule has 0 aliphatic rings. The summed E-state index contributed by atoms with van der Waals surface area (Å²) in [5.74, 6) is 0.681. The van der Waals surface area contributed by atoms with E-state index in [1.807, 2.05) is 39.8 Å². The van der Waals surface area contributed by atoms with Crippen molar-refractivity contribution in [3.8, 4) is 11.5 Å². The van der Waals surface area contributed by atoms with E-state index in [0.717, 1.165) is 5.56 Å². The molecule has 0 aliphatic heterocycles. The van der Waals surface area contributed by atoms with Gasteiger partial charge in [0.05, 0.1) is 12.8 Å². The van der Waals surface area contributed by atoms with Crippen LogP contribution in [0.15, 0.2) is 42.5 Å². The highest BCUT2D eigenvalue weighted by molar-refractivity contribution is 5.95. The molecule has 0 radical (unpaired) electrons. The average Bonchev–Trinajstić information content (AvgIpc) is 2.60. The molecule has 6 nitrogen and oxygen atoms in total. The first-order chi connectivity index (χ1) is 12.7. The molecule has 6 heteroatoms. The minimum Gasteiger partial charge on any atom is -0.495 e. The van der Waals surface area contributed by atoms with Crippen LogP contribution in [-0.2, 0) is 9.59 Å². The molecule has 27 heavy (non-hydrogen) atoms. The van der Waals surface area contributed by atoms with Gasteiger partial charge < -0.3 is 20.1 Å². The van der Waals surface area contributed by atoms with Gasteiger partial charge in [0.2, 0.25) is 5.91 Å². The zero-order valence-electron chi connectivity index (χ0n) is 16.4. The number of amides is 2. The Labute approximate surface area is 159 Å². The Bertz CT molecular complexity index is 825. The van der Waals surface area contributed by atoms with Crippen LogP contribution in [0.4, 0.5) is 11.4 Å². The fraction of sp³-hybridized carbons (Fsp3) is 0.333. The van der Waals surface area contributed by atoms with E-state index in [0.29, 0.717) is 22.9 Å². The fourth-order valence-corrected chi connectivity index (χ4v) is 2.24. The molecule has 0 heterocycles. The highest BCUT2D eigenvalue weighted by Crippen LogP contribution is 2.25. The van der Waals surface area contributed by atoms with Crippen LogP contribution >= 0.6 is 0 Å². The molecular weight excluding hydrogens is 344 g/mol. The van der Waals surface area contributed by atoms with Crippen LogP contribution in [0.1, 0.15) is 26.3 Å². The fourth-order valence-electron chi connectivity index (χ4n) is 2.24. The number of carbonyl (C=O) groups excluding carboxylic acids is 2. The van der Waals surface area contributed by atoms with Crippen molar-refractivity contribution >= 4 is 23.2 Å². The molecule has 0 saturated heterocycles. The minimum atomic E-state index is -0.496. The van der Waals surface area contributed by atoms with Gasteiger partial charge in [0.1, 0.15) is 11.5 Å². The molecule has 0 fully saturated rings. The lowest BCUT2D eigenvalue weighted by Gasteiger charge is -2.18. The predicted molar refractivity (Wildman–Crippen MR) is 106 cm³/mol. The van der Waals surface area contributed by atoms with E-state index in [2.05, 4.69) is 10.6 Å². The van der Waals surface area contributed by atoms with Crippen LogP contribution in [0.25, 0.3) is 0 Å². The SMILES string of the molecule is COc1ccc(C)cc1NC(=O)COc1cccc(NC(=O)C(C)(C)C)c1. The lowest BCUT2D eigenvalue weighted by Crippen LogP contribution is -2.27. The Morgan fingerprint density at radius 1 is 1.04 bits per heavy atom. The van der Waals surface area contributed by atoms with Gasteiger partial charge >= 0.3 is 0 Å². The summed E-state index contributed by atoms with van der Waals surface area (Å²) in [5, 5.41) is 5.62. The largest absolute Gasteiger partial charge is 0.495 e.